The quantitative estimate of drug-likeness (QED) is 0.673. The summed E-state index contributed by atoms with van der Waals surface area (Å²) in [6.07, 6.45) is 7.07. The second kappa shape index (κ2) is 3.60. The van der Waals surface area contributed by atoms with Gasteiger partial charge in [-0.1, -0.05) is 36.6 Å². The molecule has 1 heteroatoms. The number of hydrogen-bond acceptors (Lipinski definition) is 1. The summed E-state index contributed by atoms with van der Waals surface area (Å²) < 4.78 is 0. The smallest absolute Gasteiger partial charge is 0.0170 e. The van der Waals surface area contributed by atoms with Crippen molar-refractivity contribution in [3.63, 3.8) is 0 Å². The zero-order valence-corrected chi connectivity index (χ0v) is 11.6. The molecule has 96 valence electrons. The highest BCUT2D eigenvalue weighted by Gasteiger charge is 2.56. The molecule has 0 spiro atoms. The van der Waals surface area contributed by atoms with Gasteiger partial charge in [0.2, 0.25) is 0 Å². The second-order valence-corrected chi connectivity index (χ2v) is 6.86. The number of likely N-dealkylation sites (N-methyl/N-ethyl adjacent to an activating group) is 1. The van der Waals surface area contributed by atoms with Crippen LogP contribution >= 0.6 is 0 Å². The third kappa shape index (κ3) is 1.26. The Bertz CT molecular complexity index is 492. The number of likely N-dealkylation sites (tertiary alicyclic amines) is 1. The van der Waals surface area contributed by atoms with E-state index in [9.17, 15) is 0 Å². The summed E-state index contributed by atoms with van der Waals surface area (Å²) in [5.74, 6) is 0.936. The first-order valence-electron chi connectivity index (χ1n) is 7.51. The van der Waals surface area contributed by atoms with Crippen LogP contribution in [0.2, 0.25) is 0 Å². The third-order valence-corrected chi connectivity index (χ3v) is 5.89. The second-order valence-electron chi connectivity index (χ2n) is 6.86. The minimum Gasteiger partial charge on any atom is -0.302 e. The first-order valence-corrected chi connectivity index (χ1v) is 7.51. The van der Waals surface area contributed by atoms with Gasteiger partial charge < -0.3 is 4.90 Å². The highest BCUT2D eigenvalue weighted by atomic mass is 15.2. The van der Waals surface area contributed by atoms with Crippen LogP contribution in [0.3, 0.4) is 0 Å². The maximum Gasteiger partial charge on any atom is 0.0170 e. The van der Waals surface area contributed by atoms with E-state index < -0.39 is 0 Å². The molecule has 1 aromatic rings. The van der Waals surface area contributed by atoms with Crippen LogP contribution < -0.4 is 0 Å². The molecule has 3 unspecified atom stereocenters. The summed E-state index contributed by atoms with van der Waals surface area (Å²) in [7, 11) is 2.35. The lowest BCUT2D eigenvalue weighted by Crippen LogP contribution is -2.44. The Morgan fingerprint density at radius 1 is 1.28 bits per heavy atom. The van der Waals surface area contributed by atoms with Crippen molar-refractivity contribution in [3.8, 4) is 0 Å². The first kappa shape index (κ1) is 11.0. The molecule has 3 aliphatic rings. The number of nitrogens with zero attached hydrogens (tertiary/aromatic N) is 1. The van der Waals surface area contributed by atoms with Crippen LogP contribution in [-0.4, -0.2) is 24.5 Å². The Morgan fingerprint density at radius 3 is 3.06 bits per heavy atom. The minimum atomic E-state index is 0.511. The van der Waals surface area contributed by atoms with Crippen LogP contribution in [0.1, 0.15) is 42.4 Å². The highest BCUT2D eigenvalue weighted by Crippen LogP contribution is 2.55. The summed E-state index contributed by atoms with van der Waals surface area (Å²) in [6, 6.07) is 8.03. The molecule has 1 saturated heterocycles. The molecule has 0 aromatic heterocycles. The summed E-state index contributed by atoms with van der Waals surface area (Å²) in [4.78, 5) is 2.66. The average Bonchev–Trinajstić information content (AvgIpc) is 2.59. The van der Waals surface area contributed by atoms with Crippen LogP contribution in [0.4, 0.5) is 0 Å². The van der Waals surface area contributed by atoms with E-state index in [1.807, 2.05) is 0 Å². The van der Waals surface area contributed by atoms with E-state index >= 15 is 0 Å². The first-order chi connectivity index (χ1) is 8.71. The van der Waals surface area contributed by atoms with Crippen molar-refractivity contribution in [2.45, 2.75) is 50.5 Å². The summed E-state index contributed by atoms with van der Waals surface area (Å²) >= 11 is 0. The molecular weight excluding hydrogens is 218 g/mol. The zero-order valence-electron chi connectivity index (χ0n) is 11.6. The zero-order chi connectivity index (χ0) is 12.3. The number of hydrogen-bond donors (Lipinski definition) is 0. The summed E-state index contributed by atoms with van der Waals surface area (Å²) in [5.41, 5.74) is 5.32. The van der Waals surface area contributed by atoms with Crippen molar-refractivity contribution in [1.29, 1.82) is 0 Å². The van der Waals surface area contributed by atoms with E-state index in [2.05, 4.69) is 37.1 Å². The number of benzene rings is 1. The molecule has 1 aliphatic heterocycles. The topological polar surface area (TPSA) is 3.24 Å². The highest BCUT2D eigenvalue weighted by molar-refractivity contribution is 5.44. The number of aryl methyl sites for hydroxylation is 1. The van der Waals surface area contributed by atoms with Gasteiger partial charge in [0.05, 0.1) is 0 Å². The van der Waals surface area contributed by atoms with Gasteiger partial charge in [0, 0.05) is 18.0 Å². The average molecular weight is 241 g/mol. The molecule has 2 fully saturated rings. The van der Waals surface area contributed by atoms with Crippen molar-refractivity contribution in [2.24, 2.45) is 5.92 Å². The molecule has 2 bridgehead atoms. The van der Waals surface area contributed by atoms with Crippen LogP contribution in [0.25, 0.3) is 0 Å². The predicted molar refractivity (Wildman–Crippen MR) is 74.9 cm³/mol. The minimum absolute atomic E-state index is 0.511. The molecule has 0 N–H and O–H groups in total. The molecule has 2 aliphatic carbocycles. The van der Waals surface area contributed by atoms with E-state index in [1.54, 1.807) is 11.1 Å². The maximum atomic E-state index is 2.66. The number of rotatable bonds is 0. The molecule has 18 heavy (non-hydrogen) atoms. The van der Waals surface area contributed by atoms with Crippen molar-refractivity contribution in [1.82, 2.24) is 4.90 Å². The van der Waals surface area contributed by atoms with Gasteiger partial charge in [-0.05, 0) is 50.3 Å². The molecule has 3 atom stereocenters. The Labute approximate surface area is 110 Å². The summed E-state index contributed by atoms with van der Waals surface area (Å²) in [5, 5.41) is 0. The fourth-order valence-electron chi connectivity index (χ4n) is 5.17. The Morgan fingerprint density at radius 2 is 2.17 bits per heavy atom. The standard InChI is InChI=1S/C17H23N/c1-12-6-7-13-10-16-14-5-3-4-8-17(14,11-18(16)2)15(13)9-12/h6-7,9,14,16H,3-5,8,10-11H2,1-2H3. The SMILES string of the molecule is Cc1ccc2c(c1)C13CCCCC1C(C2)N(C)C3. The van der Waals surface area contributed by atoms with E-state index in [4.69, 9.17) is 0 Å². The van der Waals surface area contributed by atoms with E-state index in [0.717, 1.165) is 12.0 Å². The molecule has 1 saturated carbocycles. The Kier molecular flexibility index (Phi) is 2.21. The lowest BCUT2D eigenvalue weighted by molar-refractivity contribution is 0.191. The molecule has 4 rings (SSSR count). The number of fused-ring (bicyclic) bond motifs is 1. The third-order valence-electron chi connectivity index (χ3n) is 5.89. The van der Waals surface area contributed by atoms with Crippen LogP contribution in [-0.2, 0) is 11.8 Å². The van der Waals surface area contributed by atoms with Crippen LogP contribution in [0, 0.1) is 12.8 Å². The Hall–Kier alpha value is -0.820. The Balaban J connectivity index is 1.92. The molecular formula is C17H23N. The fourth-order valence-corrected chi connectivity index (χ4v) is 5.17. The van der Waals surface area contributed by atoms with Gasteiger partial charge in [-0.3, -0.25) is 0 Å². The van der Waals surface area contributed by atoms with Gasteiger partial charge in [-0.2, -0.15) is 0 Å². The van der Waals surface area contributed by atoms with Crippen LogP contribution in [0.15, 0.2) is 18.2 Å². The van der Waals surface area contributed by atoms with E-state index in [0.29, 0.717) is 5.41 Å². The van der Waals surface area contributed by atoms with Gasteiger partial charge in [0.25, 0.3) is 0 Å². The molecule has 0 radical (unpaired) electrons. The van der Waals surface area contributed by atoms with Gasteiger partial charge in [-0.15, -0.1) is 0 Å². The summed E-state index contributed by atoms with van der Waals surface area (Å²) in [6.45, 7) is 3.55. The fraction of sp³-hybridized carbons (Fsp3) is 0.647. The predicted octanol–water partition coefficient (Wildman–Crippen LogP) is 3.29. The molecule has 0 amide bonds. The molecule has 1 aromatic carbocycles. The van der Waals surface area contributed by atoms with Crippen LogP contribution in [0.5, 0.6) is 0 Å². The molecule has 1 heterocycles. The monoisotopic (exact) mass is 241 g/mol. The lowest BCUT2D eigenvalue weighted by atomic mass is 9.58. The van der Waals surface area contributed by atoms with Crippen molar-refractivity contribution in [2.75, 3.05) is 13.6 Å². The largest absolute Gasteiger partial charge is 0.302 e. The van der Waals surface area contributed by atoms with Crippen molar-refractivity contribution in [3.05, 3.63) is 34.9 Å². The van der Waals surface area contributed by atoms with Gasteiger partial charge in [0.1, 0.15) is 0 Å². The molecule has 1 nitrogen and oxygen atoms in total. The maximum absolute atomic E-state index is 2.66. The van der Waals surface area contributed by atoms with Gasteiger partial charge in [0.15, 0.2) is 0 Å². The van der Waals surface area contributed by atoms with Gasteiger partial charge in [-0.25, -0.2) is 0 Å². The normalized spacial score (nSPS) is 38.3. The van der Waals surface area contributed by atoms with E-state index in [1.165, 1.54) is 44.2 Å². The van der Waals surface area contributed by atoms with Gasteiger partial charge >= 0.3 is 0 Å². The van der Waals surface area contributed by atoms with E-state index in [-0.39, 0.29) is 0 Å². The van der Waals surface area contributed by atoms with Crippen molar-refractivity contribution >= 4 is 0 Å². The lowest BCUT2D eigenvalue weighted by Gasteiger charge is -2.45. The van der Waals surface area contributed by atoms with Crippen molar-refractivity contribution < 1.29 is 0 Å².